The van der Waals surface area contributed by atoms with Crippen molar-refractivity contribution in [1.29, 1.82) is 0 Å². The molecule has 1 saturated carbocycles. The minimum Gasteiger partial charge on any atom is -0.310 e. The van der Waals surface area contributed by atoms with Crippen molar-refractivity contribution in [3.63, 3.8) is 0 Å². The van der Waals surface area contributed by atoms with Gasteiger partial charge in [-0.05, 0) is 12.8 Å². The Kier molecular flexibility index (Phi) is 2.78. The molecule has 0 unspecified atom stereocenters. The van der Waals surface area contributed by atoms with E-state index in [0.29, 0.717) is 11.1 Å². The van der Waals surface area contributed by atoms with Crippen LogP contribution in [0.3, 0.4) is 0 Å². The lowest BCUT2D eigenvalue weighted by molar-refractivity contribution is 0.673. The van der Waals surface area contributed by atoms with Gasteiger partial charge in [0.2, 0.25) is 0 Å². The molecule has 0 atom stereocenters. The lowest BCUT2D eigenvalue weighted by Crippen LogP contribution is -2.17. The molecule has 1 aliphatic carbocycles. The van der Waals surface area contributed by atoms with Gasteiger partial charge in [-0.25, -0.2) is 14.6 Å². The van der Waals surface area contributed by atoms with Gasteiger partial charge in [-0.3, -0.25) is 0 Å². The van der Waals surface area contributed by atoms with E-state index < -0.39 is 0 Å². The van der Waals surface area contributed by atoms with E-state index in [1.807, 2.05) is 6.20 Å². The van der Waals surface area contributed by atoms with Crippen LogP contribution in [-0.2, 0) is 6.54 Å². The van der Waals surface area contributed by atoms with E-state index in [0.717, 1.165) is 17.9 Å². The summed E-state index contributed by atoms with van der Waals surface area (Å²) in [6.45, 7) is 0.762. The standard InChI is InChI=1S/C11H12ClN5/c12-9-5-16-17(6-9)11-8(3-13-7-15-11)4-14-10-1-2-10/h3,5-7,10,14H,1-2,4H2. The highest BCUT2D eigenvalue weighted by Crippen LogP contribution is 2.20. The number of hydrogen-bond donors (Lipinski definition) is 1. The first-order chi connectivity index (χ1) is 8.33. The van der Waals surface area contributed by atoms with Crippen LogP contribution in [0.25, 0.3) is 5.82 Å². The van der Waals surface area contributed by atoms with E-state index in [4.69, 9.17) is 11.6 Å². The van der Waals surface area contributed by atoms with Gasteiger partial charge in [0.15, 0.2) is 5.82 Å². The molecule has 6 heteroatoms. The summed E-state index contributed by atoms with van der Waals surface area (Å²) in [5, 5.41) is 8.19. The van der Waals surface area contributed by atoms with Crippen LogP contribution in [0.5, 0.6) is 0 Å². The van der Waals surface area contributed by atoms with E-state index in [-0.39, 0.29) is 0 Å². The van der Waals surface area contributed by atoms with Crippen LogP contribution in [0.1, 0.15) is 18.4 Å². The normalized spacial score (nSPS) is 15.1. The van der Waals surface area contributed by atoms with E-state index in [9.17, 15) is 0 Å². The molecule has 2 aromatic heterocycles. The highest BCUT2D eigenvalue weighted by Gasteiger charge is 2.20. The summed E-state index contributed by atoms with van der Waals surface area (Å²) in [7, 11) is 0. The second kappa shape index (κ2) is 4.43. The molecular weight excluding hydrogens is 238 g/mol. The fraction of sp³-hybridized carbons (Fsp3) is 0.364. The smallest absolute Gasteiger partial charge is 0.161 e. The van der Waals surface area contributed by atoms with Crippen LogP contribution >= 0.6 is 11.6 Å². The molecule has 0 saturated heterocycles. The zero-order chi connectivity index (χ0) is 11.7. The molecule has 5 nitrogen and oxygen atoms in total. The van der Waals surface area contributed by atoms with Crippen LogP contribution in [0.4, 0.5) is 0 Å². The number of nitrogens with one attached hydrogen (secondary N) is 1. The molecular formula is C11H12ClN5. The van der Waals surface area contributed by atoms with Gasteiger partial charge in [0.1, 0.15) is 6.33 Å². The summed E-state index contributed by atoms with van der Waals surface area (Å²) < 4.78 is 1.67. The number of nitrogens with zero attached hydrogens (tertiary/aromatic N) is 4. The summed E-state index contributed by atoms with van der Waals surface area (Å²) in [5.41, 5.74) is 1.03. The van der Waals surface area contributed by atoms with Crippen molar-refractivity contribution >= 4 is 11.6 Å². The molecule has 0 bridgehead atoms. The van der Waals surface area contributed by atoms with Crippen LogP contribution < -0.4 is 5.32 Å². The van der Waals surface area contributed by atoms with Crippen molar-refractivity contribution in [3.05, 3.63) is 35.5 Å². The Morgan fingerprint density at radius 3 is 3.00 bits per heavy atom. The number of halogens is 1. The molecule has 2 heterocycles. The monoisotopic (exact) mass is 249 g/mol. The molecule has 0 aliphatic heterocycles. The molecule has 1 aliphatic rings. The second-order valence-corrected chi connectivity index (χ2v) is 4.57. The molecule has 1 fully saturated rings. The summed E-state index contributed by atoms with van der Waals surface area (Å²) in [4.78, 5) is 8.30. The van der Waals surface area contributed by atoms with E-state index in [1.165, 1.54) is 19.2 Å². The van der Waals surface area contributed by atoms with Crippen molar-refractivity contribution in [2.24, 2.45) is 0 Å². The predicted octanol–water partition coefficient (Wildman–Crippen LogP) is 1.57. The van der Waals surface area contributed by atoms with Crippen LogP contribution in [0, 0.1) is 0 Å². The predicted molar refractivity (Wildman–Crippen MR) is 64.0 cm³/mol. The molecule has 88 valence electrons. The van der Waals surface area contributed by atoms with Crippen molar-refractivity contribution in [3.8, 4) is 5.82 Å². The molecule has 2 aromatic rings. The molecule has 0 radical (unpaired) electrons. The van der Waals surface area contributed by atoms with Crippen molar-refractivity contribution in [2.75, 3.05) is 0 Å². The zero-order valence-electron chi connectivity index (χ0n) is 9.17. The van der Waals surface area contributed by atoms with Gasteiger partial charge in [0.25, 0.3) is 0 Å². The first-order valence-electron chi connectivity index (χ1n) is 5.56. The molecule has 0 amide bonds. The first-order valence-corrected chi connectivity index (χ1v) is 5.93. The molecule has 17 heavy (non-hydrogen) atoms. The van der Waals surface area contributed by atoms with Gasteiger partial charge in [-0.15, -0.1) is 0 Å². The van der Waals surface area contributed by atoms with E-state index in [1.54, 1.807) is 17.1 Å². The lowest BCUT2D eigenvalue weighted by Gasteiger charge is -2.08. The van der Waals surface area contributed by atoms with Crippen molar-refractivity contribution in [1.82, 2.24) is 25.1 Å². The van der Waals surface area contributed by atoms with Gasteiger partial charge in [0, 0.05) is 24.3 Å². The Labute approximate surface area is 104 Å². The van der Waals surface area contributed by atoms with Gasteiger partial charge in [0.05, 0.1) is 17.4 Å². The summed E-state index contributed by atoms with van der Waals surface area (Å²) >= 11 is 5.86. The Balaban J connectivity index is 1.86. The summed E-state index contributed by atoms with van der Waals surface area (Å²) in [6.07, 6.45) is 9.19. The number of rotatable bonds is 4. The van der Waals surface area contributed by atoms with Crippen LogP contribution in [-0.4, -0.2) is 25.8 Å². The Morgan fingerprint density at radius 1 is 1.41 bits per heavy atom. The molecule has 0 aromatic carbocycles. The maximum Gasteiger partial charge on any atom is 0.161 e. The quantitative estimate of drug-likeness (QED) is 0.894. The van der Waals surface area contributed by atoms with Gasteiger partial charge in [-0.1, -0.05) is 11.6 Å². The van der Waals surface area contributed by atoms with Crippen LogP contribution in [0.15, 0.2) is 24.9 Å². The lowest BCUT2D eigenvalue weighted by atomic mass is 10.3. The minimum absolute atomic E-state index is 0.602. The third-order valence-corrected chi connectivity index (χ3v) is 2.89. The van der Waals surface area contributed by atoms with Gasteiger partial charge in [-0.2, -0.15) is 5.10 Å². The van der Waals surface area contributed by atoms with E-state index in [2.05, 4.69) is 20.4 Å². The Morgan fingerprint density at radius 2 is 2.29 bits per heavy atom. The molecule has 0 spiro atoms. The third kappa shape index (κ3) is 2.45. The van der Waals surface area contributed by atoms with E-state index >= 15 is 0 Å². The SMILES string of the molecule is Clc1cnn(-c2ncncc2CNC2CC2)c1. The average molecular weight is 250 g/mol. The highest BCUT2D eigenvalue weighted by atomic mass is 35.5. The topological polar surface area (TPSA) is 55.6 Å². The average Bonchev–Trinajstić information content (AvgIpc) is 3.08. The minimum atomic E-state index is 0.602. The van der Waals surface area contributed by atoms with Crippen molar-refractivity contribution < 1.29 is 0 Å². The summed E-state index contributed by atoms with van der Waals surface area (Å²) in [6, 6.07) is 0.657. The molecule has 1 N–H and O–H groups in total. The van der Waals surface area contributed by atoms with Crippen LogP contribution in [0.2, 0.25) is 5.02 Å². The Bertz CT molecular complexity index is 520. The fourth-order valence-corrected chi connectivity index (χ4v) is 1.78. The Hall–Kier alpha value is -1.46. The van der Waals surface area contributed by atoms with Gasteiger partial charge < -0.3 is 5.32 Å². The highest BCUT2D eigenvalue weighted by molar-refractivity contribution is 6.30. The number of aromatic nitrogens is 4. The first kappa shape index (κ1) is 10.7. The summed E-state index contributed by atoms with van der Waals surface area (Å²) in [5.74, 6) is 0.778. The zero-order valence-corrected chi connectivity index (χ0v) is 9.93. The largest absolute Gasteiger partial charge is 0.310 e. The molecule has 3 rings (SSSR count). The van der Waals surface area contributed by atoms with Gasteiger partial charge >= 0.3 is 0 Å². The number of hydrogen-bond acceptors (Lipinski definition) is 4. The second-order valence-electron chi connectivity index (χ2n) is 4.13. The van der Waals surface area contributed by atoms with Crippen molar-refractivity contribution in [2.45, 2.75) is 25.4 Å². The fourth-order valence-electron chi connectivity index (χ4n) is 1.64. The maximum absolute atomic E-state index is 5.86. The third-order valence-electron chi connectivity index (χ3n) is 2.69. The maximum atomic E-state index is 5.86.